The smallest absolute Gasteiger partial charge is 0.343 e. The van der Waals surface area contributed by atoms with E-state index in [0.29, 0.717) is 26.2 Å². The molecule has 0 aliphatic carbocycles. The molecule has 1 amide bonds. The molecule has 0 bridgehead atoms. The molecule has 2 aromatic carbocycles. The lowest BCUT2D eigenvalue weighted by Crippen LogP contribution is -2.10. The van der Waals surface area contributed by atoms with E-state index in [4.69, 9.17) is 15.2 Å². The lowest BCUT2D eigenvalue weighted by Gasteiger charge is -2.12. The van der Waals surface area contributed by atoms with Crippen LogP contribution >= 0.6 is 22.6 Å². The Morgan fingerprint density at radius 2 is 1.87 bits per heavy atom. The summed E-state index contributed by atoms with van der Waals surface area (Å²) in [5, 5.41) is 0. The second-order valence-electron chi connectivity index (χ2n) is 4.53. The van der Waals surface area contributed by atoms with Gasteiger partial charge in [0.2, 0.25) is 5.91 Å². The van der Waals surface area contributed by atoms with E-state index in [0.717, 1.165) is 0 Å². The molecule has 6 heteroatoms. The van der Waals surface area contributed by atoms with E-state index < -0.39 is 11.9 Å². The van der Waals surface area contributed by atoms with Gasteiger partial charge in [-0.3, -0.25) is 4.79 Å². The first-order valence-corrected chi connectivity index (χ1v) is 7.71. The highest BCUT2D eigenvalue weighted by Gasteiger charge is 2.16. The van der Waals surface area contributed by atoms with Crippen molar-refractivity contribution >= 4 is 40.5 Å². The van der Waals surface area contributed by atoms with Crippen LogP contribution in [-0.4, -0.2) is 19.0 Å². The number of primary amides is 1. The van der Waals surface area contributed by atoms with Gasteiger partial charge in [-0.2, -0.15) is 0 Å². The fourth-order valence-electron chi connectivity index (χ4n) is 1.84. The molecular weight excluding hydrogens is 409 g/mol. The topological polar surface area (TPSA) is 78.6 Å². The van der Waals surface area contributed by atoms with Crippen molar-refractivity contribution in [3.63, 3.8) is 0 Å². The van der Waals surface area contributed by atoms with Crippen LogP contribution in [0.1, 0.15) is 15.9 Å². The standard InChI is InChI=1S/C17H14INO4/c1-22-14-10-11(7-8-15(19)20)9-13(18)16(14)23-17(21)12-5-3-2-4-6-12/h2-10H,1H3,(H2,19,20)/b8-7+. The molecule has 0 spiro atoms. The Bertz CT molecular complexity index is 757. The normalized spacial score (nSPS) is 10.5. The number of carbonyl (C=O) groups excluding carboxylic acids is 2. The Hall–Kier alpha value is -2.35. The summed E-state index contributed by atoms with van der Waals surface area (Å²) >= 11 is 2.04. The Kier molecular flexibility index (Phi) is 5.75. The van der Waals surface area contributed by atoms with Crippen molar-refractivity contribution in [3.8, 4) is 11.5 Å². The van der Waals surface area contributed by atoms with Crippen molar-refractivity contribution in [2.24, 2.45) is 5.73 Å². The molecule has 0 heterocycles. The number of rotatable bonds is 5. The number of methoxy groups -OCH3 is 1. The number of hydrogen-bond acceptors (Lipinski definition) is 4. The summed E-state index contributed by atoms with van der Waals surface area (Å²) in [5.74, 6) is -0.288. The molecule has 0 saturated heterocycles. The molecule has 0 atom stereocenters. The summed E-state index contributed by atoms with van der Waals surface area (Å²) in [6, 6.07) is 12.1. The summed E-state index contributed by atoms with van der Waals surface area (Å²) < 4.78 is 11.4. The van der Waals surface area contributed by atoms with Crippen LogP contribution in [0.4, 0.5) is 0 Å². The number of esters is 1. The Balaban J connectivity index is 2.31. The molecule has 0 aliphatic rings. The van der Waals surface area contributed by atoms with E-state index in [9.17, 15) is 9.59 Å². The third-order valence-electron chi connectivity index (χ3n) is 2.90. The molecule has 23 heavy (non-hydrogen) atoms. The summed E-state index contributed by atoms with van der Waals surface area (Å²) in [5.41, 5.74) is 6.24. The van der Waals surface area contributed by atoms with Gasteiger partial charge in [-0.25, -0.2) is 4.79 Å². The molecule has 5 nitrogen and oxygen atoms in total. The van der Waals surface area contributed by atoms with E-state index in [1.165, 1.54) is 13.2 Å². The average Bonchev–Trinajstić information content (AvgIpc) is 2.55. The molecule has 2 aromatic rings. The fourth-order valence-corrected chi connectivity index (χ4v) is 2.57. The van der Waals surface area contributed by atoms with Crippen molar-refractivity contribution < 1.29 is 19.1 Å². The quantitative estimate of drug-likeness (QED) is 0.347. The minimum atomic E-state index is -0.543. The molecular formula is C17H14INO4. The predicted octanol–water partition coefficient (Wildman–Crippen LogP) is 3.02. The SMILES string of the molecule is COc1cc(/C=C/C(N)=O)cc(I)c1OC(=O)c1ccccc1. The van der Waals surface area contributed by atoms with Crippen LogP contribution in [0.5, 0.6) is 11.5 Å². The summed E-state index contributed by atoms with van der Waals surface area (Å²) in [7, 11) is 1.48. The van der Waals surface area contributed by atoms with E-state index in [2.05, 4.69) is 0 Å². The number of carbonyl (C=O) groups is 2. The lowest BCUT2D eigenvalue weighted by atomic mass is 10.2. The van der Waals surface area contributed by atoms with E-state index in [1.807, 2.05) is 28.7 Å². The third-order valence-corrected chi connectivity index (χ3v) is 3.70. The van der Waals surface area contributed by atoms with Crippen molar-refractivity contribution in [3.05, 3.63) is 63.2 Å². The Labute approximate surface area is 147 Å². The zero-order valence-electron chi connectivity index (χ0n) is 12.3. The summed E-state index contributed by atoms with van der Waals surface area (Å²) in [6.07, 6.45) is 2.82. The first-order valence-electron chi connectivity index (χ1n) is 6.63. The molecule has 0 unspecified atom stereocenters. The molecule has 2 N–H and O–H groups in total. The van der Waals surface area contributed by atoms with Crippen LogP contribution < -0.4 is 15.2 Å². The van der Waals surface area contributed by atoms with Crippen LogP contribution in [0.3, 0.4) is 0 Å². The lowest BCUT2D eigenvalue weighted by molar-refractivity contribution is -0.113. The van der Waals surface area contributed by atoms with Gasteiger partial charge in [0.1, 0.15) is 0 Å². The number of benzene rings is 2. The molecule has 0 radical (unpaired) electrons. The molecule has 0 aromatic heterocycles. The van der Waals surface area contributed by atoms with Crippen LogP contribution in [0, 0.1) is 3.57 Å². The highest BCUT2D eigenvalue weighted by atomic mass is 127. The van der Waals surface area contributed by atoms with Crippen LogP contribution in [0.25, 0.3) is 6.08 Å². The minimum absolute atomic E-state index is 0.332. The molecule has 118 valence electrons. The van der Waals surface area contributed by atoms with Crippen LogP contribution in [0.15, 0.2) is 48.5 Å². The van der Waals surface area contributed by atoms with Crippen molar-refractivity contribution in [2.45, 2.75) is 0 Å². The van der Waals surface area contributed by atoms with Crippen molar-refractivity contribution in [1.82, 2.24) is 0 Å². The van der Waals surface area contributed by atoms with Gasteiger partial charge in [0, 0.05) is 6.08 Å². The van der Waals surface area contributed by atoms with Crippen molar-refractivity contribution in [1.29, 1.82) is 0 Å². The highest BCUT2D eigenvalue weighted by molar-refractivity contribution is 14.1. The number of ether oxygens (including phenoxy) is 2. The number of hydrogen-bond donors (Lipinski definition) is 1. The van der Waals surface area contributed by atoms with Crippen LogP contribution in [0.2, 0.25) is 0 Å². The highest BCUT2D eigenvalue weighted by Crippen LogP contribution is 2.34. The maximum absolute atomic E-state index is 12.2. The summed E-state index contributed by atoms with van der Waals surface area (Å²) in [6.45, 7) is 0. The number of amides is 1. The summed E-state index contributed by atoms with van der Waals surface area (Å²) in [4.78, 5) is 23.0. The number of halogens is 1. The largest absolute Gasteiger partial charge is 0.493 e. The first kappa shape index (κ1) is 17.0. The second-order valence-corrected chi connectivity index (χ2v) is 5.69. The van der Waals surface area contributed by atoms with Crippen molar-refractivity contribution in [2.75, 3.05) is 7.11 Å². The van der Waals surface area contributed by atoms with Gasteiger partial charge in [0.05, 0.1) is 16.2 Å². The first-order chi connectivity index (χ1) is 11.0. The fraction of sp³-hybridized carbons (Fsp3) is 0.0588. The van der Waals surface area contributed by atoms with Gasteiger partial charge in [-0.1, -0.05) is 18.2 Å². The zero-order valence-corrected chi connectivity index (χ0v) is 14.4. The van der Waals surface area contributed by atoms with Gasteiger partial charge in [0.15, 0.2) is 11.5 Å². The number of nitrogens with two attached hydrogens (primary N) is 1. The maximum atomic E-state index is 12.2. The predicted molar refractivity (Wildman–Crippen MR) is 95.3 cm³/mol. The monoisotopic (exact) mass is 423 g/mol. The third kappa shape index (κ3) is 4.56. The van der Waals surface area contributed by atoms with E-state index >= 15 is 0 Å². The minimum Gasteiger partial charge on any atom is -0.493 e. The van der Waals surface area contributed by atoms with Gasteiger partial charge in [-0.05, 0) is 58.5 Å². The molecule has 0 saturated carbocycles. The van der Waals surface area contributed by atoms with Gasteiger partial charge < -0.3 is 15.2 Å². The van der Waals surface area contributed by atoms with Crippen LogP contribution in [-0.2, 0) is 4.79 Å². The van der Waals surface area contributed by atoms with Gasteiger partial charge in [-0.15, -0.1) is 0 Å². The Morgan fingerprint density at radius 3 is 2.48 bits per heavy atom. The van der Waals surface area contributed by atoms with E-state index in [-0.39, 0.29) is 0 Å². The van der Waals surface area contributed by atoms with Gasteiger partial charge >= 0.3 is 5.97 Å². The average molecular weight is 423 g/mol. The van der Waals surface area contributed by atoms with Gasteiger partial charge in [0.25, 0.3) is 0 Å². The molecule has 0 fully saturated rings. The molecule has 0 aliphatic heterocycles. The molecule has 2 rings (SSSR count). The Morgan fingerprint density at radius 1 is 1.17 bits per heavy atom. The second kappa shape index (κ2) is 7.77. The maximum Gasteiger partial charge on any atom is 0.343 e. The zero-order chi connectivity index (χ0) is 16.8. The van der Waals surface area contributed by atoms with E-state index in [1.54, 1.807) is 42.5 Å².